The topological polar surface area (TPSA) is 72.9 Å². The third-order valence-electron chi connectivity index (χ3n) is 5.55. The summed E-state index contributed by atoms with van der Waals surface area (Å²) in [5, 5.41) is 13.2. The molecule has 0 spiro atoms. The second-order valence-corrected chi connectivity index (χ2v) is 8.19. The van der Waals surface area contributed by atoms with E-state index in [9.17, 15) is 0 Å². The van der Waals surface area contributed by atoms with Crippen molar-refractivity contribution in [1.82, 2.24) is 29.8 Å². The average Bonchev–Trinajstić information content (AvgIpc) is 3.15. The summed E-state index contributed by atoms with van der Waals surface area (Å²) in [6.07, 6.45) is 8.03. The molecule has 0 atom stereocenters. The third kappa shape index (κ3) is 3.98. The molecule has 0 unspecified atom stereocenters. The summed E-state index contributed by atoms with van der Waals surface area (Å²) in [5.41, 5.74) is 0. The fraction of sp³-hybridized carbons (Fsp3) is 0.789. The first-order chi connectivity index (χ1) is 12.7. The summed E-state index contributed by atoms with van der Waals surface area (Å²) in [4.78, 5) is 6.97. The largest absolute Gasteiger partial charge is 0.339 e. The minimum atomic E-state index is 0.535. The summed E-state index contributed by atoms with van der Waals surface area (Å²) < 4.78 is 7.77. The van der Waals surface area contributed by atoms with Gasteiger partial charge in [-0.2, -0.15) is 4.98 Å². The monoisotopic (exact) mass is 358 g/mol. The van der Waals surface area contributed by atoms with Crippen LogP contribution in [0.1, 0.15) is 75.2 Å². The van der Waals surface area contributed by atoms with Crippen LogP contribution in [-0.2, 0) is 25.9 Å². The first-order valence-corrected chi connectivity index (χ1v) is 10.1. The van der Waals surface area contributed by atoms with Crippen LogP contribution in [-0.4, -0.2) is 42.9 Å². The SMILES string of the molecule is CC(C)Cc1nc(CN2CCC(c3nnc4n3CCCCC4)CC2)no1. The van der Waals surface area contributed by atoms with E-state index in [0.717, 1.165) is 63.6 Å². The molecule has 2 aromatic heterocycles. The molecule has 0 aliphatic carbocycles. The van der Waals surface area contributed by atoms with Crippen LogP contribution in [0.5, 0.6) is 0 Å². The van der Waals surface area contributed by atoms with Crippen LogP contribution in [0, 0.1) is 5.92 Å². The zero-order valence-corrected chi connectivity index (χ0v) is 16.0. The lowest BCUT2D eigenvalue weighted by Crippen LogP contribution is -2.33. The van der Waals surface area contributed by atoms with Crippen LogP contribution in [0.3, 0.4) is 0 Å². The fourth-order valence-electron chi connectivity index (χ4n) is 4.15. The van der Waals surface area contributed by atoms with Crippen LogP contribution < -0.4 is 0 Å². The zero-order valence-electron chi connectivity index (χ0n) is 16.0. The minimum absolute atomic E-state index is 0.535. The summed E-state index contributed by atoms with van der Waals surface area (Å²) in [7, 11) is 0. The van der Waals surface area contributed by atoms with Gasteiger partial charge in [-0.25, -0.2) is 0 Å². The van der Waals surface area contributed by atoms with Gasteiger partial charge in [0, 0.05) is 25.3 Å². The molecule has 142 valence electrons. The summed E-state index contributed by atoms with van der Waals surface area (Å²) in [6, 6.07) is 0. The van der Waals surface area contributed by atoms with Gasteiger partial charge in [0.1, 0.15) is 11.6 Å². The zero-order chi connectivity index (χ0) is 17.9. The Morgan fingerprint density at radius 3 is 2.73 bits per heavy atom. The molecule has 2 aliphatic rings. The van der Waals surface area contributed by atoms with E-state index in [1.54, 1.807) is 0 Å². The van der Waals surface area contributed by atoms with Gasteiger partial charge in [-0.05, 0) is 44.7 Å². The number of aromatic nitrogens is 5. The molecule has 0 radical (unpaired) electrons. The molecular weight excluding hydrogens is 328 g/mol. The van der Waals surface area contributed by atoms with E-state index in [4.69, 9.17) is 4.52 Å². The van der Waals surface area contributed by atoms with E-state index in [1.807, 2.05) is 0 Å². The van der Waals surface area contributed by atoms with Crippen LogP contribution in [0.4, 0.5) is 0 Å². The summed E-state index contributed by atoms with van der Waals surface area (Å²) in [5.74, 6) is 5.07. The number of likely N-dealkylation sites (tertiary alicyclic amines) is 1. The predicted molar refractivity (Wildman–Crippen MR) is 97.7 cm³/mol. The van der Waals surface area contributed by atoms with Crippen molar-refractivity contribution in [2.75, 3.05) is 13.1 Å². The molecule has 0 amide bonds. The molecule has 0 bridgehead atoms. The van der Waals surface area contributed by atoms with Crippen molar-refractivity contribution in [3.05, 3.63) is 23.4 Å². The maximum absolute atomic E-state index is 5.36. The van der Waals surface area contributed by atoms with Gasteiger partial charge >= 0.3 is 0 Å². The molecule has 0 aromatic carbocycles. The van der Waals surface area contributed by atoms with Crippen molar-refractivity contribution in [1.29, 1.82) is 0 Å². The van der Waals surface area contributed by atoms with Gasteiger partial charge in [0.2, 0.25) is 5.89 Å². The number of hydrogen-bond donors (Lipinski definition) is 0. The summed E-state index contributed by atoms with van der Waals surface area (Å²) in [6.45, 7) is 8.33. The Morgan fingerprint density at radius 2 is 1.92 bits per heavy atom. The number of nitrogens with zero attached hydrogens (tertiary/aromatic N) is 6. The molecule has 2 aromatic rings. The first-order valence-electron chi connectivity index (χ1n) is 10.1. The lowest BCUT2D eigenvalue weighted by molar-refractivity contribution is 0.193. The Hall–Kier alpha value is -1.76. The normalized spacial score (nSPS) is 19.7. The molecule has 2 aliphatic heterocycles. The van der Waals surface area contributed by atoms with E-state index >= 15 is 0 Å². The van der Waals surface area contributed by atoms with Crippen molar-refractivity contribution in [2.24, 2.45) is 5.92 Å². The van der Waals surface area contributed by atoms with Gasteiger partial charge in [-0.3, -0.25) is 4.90 Å². The smallest absolute Gasteiger partial charge is 0.226 e. The van der Waals surface area contributed by atoms with Crippen molar-refractivity contribution in [3.8, 4) is 0 Å². The Kier molecular flexibility index (Phi) is 5.33. The van der Waals surface area contributed by atoms with E-state index < -0.39 is 0 Å². The van der Waals surface area contributed by atoms with Crippen LogP contribution in [0.15, 0.2) is 4.52 Å². The second-order valence-electron chi connectivity index (χ2n) is 8.19. The van der Waals surface area contributed by atoms with Gasteiger partial charge in [-0.1, -0.05) is 25.4 Å². The molecule has 7 nitrogen and oxygen atoms in total. The molecule has 4 heterocycles. The highest BCUT2D eigenvalue weighted by atomic mass is 16.5. The number of hydrogen-bond acceptors (Lipinski definition) is 6. The fourth-order valence-corrected chi connectivity index (χ4v) is 4.15. The number of aryl methyl sites for hydroxylation is 1. The highest BCUT2D eigenvalue weighted by Gasteiger charge is 2.27. The second kappa shape index (κ2) is 7.86. The van der Waals surface area contributed by atoms with Gasteiger partial charge in [0.05, 0.1) is 6.54 Å². The Labute approximate surface area is 155 Å². The van der Waals surface area contributed by atoms with Gasteiger partial charge in [-0.15, -0.1) is 10.2 Å². The van der Waals surface area contributed by atoms with E-state index in [0.29, 0.717) is 11.8 Å². The molecule has 7 heteroatoms. The van der Waals surface area contributed by atoms with Gasteiger partial charge in [0.15, 0.2) is 5.82 Å². The Balaban J connectivity index is 1.33. The standard InChI is InChI=1S/C19H30N6O/c1-14(2)12-18-20-16(23-26-18)13-24-10-7-15(8-11-24)19-22-21-17-6-4-3-5-9-25(17)19/h14-15H,3-13H2,1-2H3. The maximum Gasteiger partial charge on any atom is 0.226 e. The van der Waals surface area contributed by atoms with Crippen molar-refractivity contribution >= 4 is 0 Å². The predicted octanol–water partition coefficient (Wildman–Crippen LogP) is 2.97. The van der Waals surface area contributed by atoms with E-state index in [-0.39, 0.29) is 0 Å². The van der Waals surface area contributed by atoms with E-state index in [1.165, 1.54) is 30.9 Å². The molecule has 4 rings (SSSR count). The molecule has 1 fully saturated rings. The maximum atomic E-state index is 5.36. The molecule has 1 saturated heterocycles. The molecular formula is C19H30N6O. The lowest BCUT2D eigenvalue weighted by atomic mass is 9.96. The third-order valence-corrected chi connectivity index (χ3v) is 5.55. The van der Waals surface area contributed by atoms with Crippen molar-refractivity contribution < 1.29 is 4.52 Å². The first kappa shape index (κ1) is 17.6. The van der Waals surface area contributed by atoms with Gasteiger partial charge in [0.25, 0.3) is 0 Å². The number of rotatable bonds is 5. The minimum Gasteiger partial charge on any atom is -0.339 e. The van der Waals surface area contributed by atoms with Gasteiger partial charge < -0.3 is 9.09 Å². The molecule has 0 N–H and O–H groups in total. The van der Waals surface area contributed by atoms with Crippen molar-refractivity contribution in [3.63, 3.8) is 0 Å². The lowest BCUT2D eigenvalue weighted by Gasteiger charge is -2.30. The van der Waals surface area contributed by atoms with Crippen molar-refractivity contribution in [2.45, 2.75) is 77.8 Å². The van der Waals surface area contributed by atoms with Crippen LogP contribution in [0.25, 0.3) is 0 Å². The van der Waals surface area contributed by atoms with Crippen LogP contribution >= 0.6 is 0 Å². The average molecular weight is 358 g/mol. The van der Waals surface area contributed by atoms with Crippen LogP contribution in [0.2, 0.25) is 0 Å². The molecule has 26 heavy (non-hydrogen) atoms. The highest BCUT2D eigenvalue weighted by molar-refractivity contribution is 5.05. The Bertz CT molecular complexity index is 713. The Morgan fingerprint density at radius 1 is 1.08 bits per heavy atom. The summed E-state index contributed by atoms with van der Waals surface area (Å²) >= 11 is 0. The molecule has 0 saturated carbocycles. The quantitative estimate of drug-likeness (QED) is 0.818. The van der Waals surface area contributed by atoms with E-state index in [2.05, 4.69) is 43.7 Å². The highest BCUT2D eigenvalue weighted by Crippen LogP contribution is 2.29. The number of fused-ring (bicyclic) bond motifs is 1. The number of piperidine rings is 1.